The number of aryl methyl sites for hydroxylation is 1. The van der Waals surface area contributed by atoms with Crippen molar-refractivity contribution in [3.05, 3.63) is 45.8 Å². The van der Waals surface area contributed by atoms with E-state index in [1.165, 1.54) is 17.7 Å². The predicted octanol–water partition coefficient (Wildman–Crippen LogP) is 2.90. The van der Waals surface area contributed by atoms with Crippen molar-refractivity contribution in [2.45, 2.75) is 32.4 Å². The summed E-state index contributed by atoms with van der Waals surface area (Å²) in [7, 11) is 0. The van der Waals surface area contributed by atoms with Gasteiger partial charge in [0.1, 0.15) is 11.7 Å². The minimum absolute atomic E-state index is 0.0873. The second-order valence-corrected chi connectivity index (χ2v) is 6.21. The van der Waals surface area contributed by atoms with Crippen LogP contribution >= 0.6 is 11.3 Å². The van der Waals surface area contributed by atoms with Crippen molar-refractivity contribution in [3.8, 4) is 0 Å². The topological polar surface area (TPSA) is 66.0 Å². The molecule has 3 N–H and O–H groups in total. The van der Waals surface area contributed by atoms with Crippen LogP contribution in [-0.2, 0) is 6.54 Å². The highest BCUT2D eigenvalue weighted by Crippen LogP contribution is 2.34. The van der Waals surface area contributed by atoms with Crippen molar-refractivity contribution in [3.63, 3.8) is 0 Å². The molecule has 0 bridgehead atoms. The first-order valence-electron chi connectivity index (χ1n) is 6.76. The molecular weight excluding hydrogens is 268 g/mol. The molecule has 2 aromatic rings. The first-order chi connectivity index (χ1) is 9.65. The van der Waals surface area contributed by atoms with E-state index in [-0.39, 0.29) is 5.84 Å². The number of amidine groups is 1. The van der Waals surface area contributed by atoms with Crippen molar-refractivity contribution >= 4 is 23.0 Å². The van der Waals surface area contributed by atoms with Gasteiger partial charge >= 0.3 is 0 Å². The molecule has 0 aromatic carbocycles. The zero-order valence-corrected chi connectivity index (χ0v) is 12.3. The SMILES string of the molecule is Cc1ccc(C(=N)N)c(N(Cc2cccs2)C2CC2)n1. The molecule has 0 aliphatic heterocycles. The van der Waals surface area contributed by atoms with Crippen molar-refractivity contribution < 1.29 is 0 Å². The second-order valence-electron chi connectivity index (χ2n) is 5.18. The van der Waals surface area contributed by atoms with Gasteiger partial charge in [-0.25, -0.2) is 4.98 Å². The Morgan fingerprint density at radius 1 is 1.45 bits per heavy atom. The Balaban J connectivity index is 1.98. The maximum Gasteiger partial charge on any atom is 0.140 e. The number of nitrogens with two attached hydrogens (primary N) is 1. The first-order valence-corrected chi connectivity index (χ1v) is 7.64. The van der Waals surface area contributed by atoms with Crippen LogP contribution in [0.25, 0.3) is 0 Å². The highest BCUT2D eigenvalue weighted by Gasteiger charge is 2.32. The molecule has 0 radical (unpaired) electrons. The average Bonchev–Trinajstić information content (AvgIpc) is 3.12. The van der Waals surface area contributed by atoms with Crippen LogP contribution in [0.2, 0.25) is 0 Å². The molecule has 104 valence electrons. The summed E-state index contributed by atoms with van der Waals surface area (Å²) in [4.78, 5) is 8.26. The lowest BCUT2D eigenvalue weighted by Gasteiger charge is -2.25. The van der Waals surface area contributed by atoms with Crippen LogP contribution in [-0.4, -0.2) is 16.9 Å². The van der Waals surface area contributed by atoms with Crippen LogP contribution < -0.4 is 10.6 Å². The molecule has 3 rings (SSSR count). The normalized spacial score (nSPS) is 14.2. The summed E-state index contributed by atoms with van der Waals surface area (Å²) in [5.74, 6) is 0.942. The van der Waals surface area contributed by atoms with Gasteiger partial charge in [0.15, 0.2) is 0 Å². The van der Waals surface area contributed by atoms with Gasteiger partial charge in [0, 0.05) is 16.6 Å². The second kappa shape index (κ2) is 5.25. The van der Waals surface area contributed by atoms with Crippen LogP contribution in [0.5, 0.6) is 0 Å². The molecule has 5 heteroatoms. The lowest BCUT2D eigenvalue weighted by molar-refractivity contribution is 0.782. The van der Waals surface area contributed by atoms with E-state index < -0.39 is 0 Å². The van der Waals surface area contributed by atoms with E-state index in [4.69, 9.17) is 11.1 Å². The highest BCUT2D eigenvalue weighted by molar-refractivity contribution is 7.09. The van der Waals surface area contributed by atoms with Crippen LogP contribution in [0.1, 0.15) is 29.0 Å². The number of hydrogen-bond acceptors (Lipinski definition) is 4. The van der Waals surface area contributed by atoms with E-state index in [0.29, 0.717) is 6.04 Å². The molecule has 0 unspecified atom stereocenters. The Labute approximate surface area is 122 Å². The van der Waals surface area contributed by atoms with Gasteiger partial charge in [-0.15, -0.1) is 11.3 Å². The minimum atomic E-state index is 0.0873. The maximum atomic E-state index is 7.76. The molecule has 4 nitrogen and oxygen atoms in total. The van der Waals surface area contributed by atoms with Gasteiger partial charge in [-0.1, -0.05) is 6.07 Å². The molecule has 2 aromatic heterocycles. The summed E-state index contributed by atoms with van der Waals surface area (Å²) < 4.78 is 0. The highest BCUT2D eigenvalue weighted by atomic mass is 32.1. The fourth-order valence-corrected chi connectivity index (χ4v) is 3.01. The Bertz CT molecular complexity index is 617. The third kappa shape index (κ3) is 2.67. The smallest absolute Gasteiger partial charge is 0.140 e. The van der Waals surface area contributed by atoms with E-state index in [9.17, 15) is 0 Å². The lowest BCUT2D eigenvalue weighted by Crippen LogP contribution is -2.29. The number of aromatic nitrogens is 1. The third-order valence-corrected chi connectivity index (χ3v) is 4.33. The van der Waals surface area contributed by atoms with E-state index in [1.807, 2.05) is 19.1 Å². The Morgan fingerprint density at radius 3 is 2.85 bits per heavy atom. The summed E-state index contributed by atoms with van der Waals surface area (Å²) in [5.41, 5.74) is 7.41. The van der Waals surface area contributed by atoms with Gasteiger partial charge in [-0.05, 0) is 43.3 Å². The van der Waals surface area contributed by atoms with E-state index in [0.717, 1.165) is 23.6 Å². The van der Waals surface area contributed by atoms with Gasteiger partial charge in [0.05, 0.1) is 12.1 Å². The van der Waals surface area contributed by atoms with Crippen molar-refractivity contribution in [1.82, 2.24) is 4.98 Å². The Morgan fingerprint density at radius 2 is 2.25 bits per heavy atom. The summed E-state index contributed by atoms with van der Waals surface area (Å²) in [5, 5.41) is 9.86. The Hall–Kier alpha value is -1.88. The van der Waals surface area contributed by atoms with Crippen LogP contribution in [0, 0.1) is 12.3 Å². The van der Waals surface area contributed by atoms with Crippen LogP contribution in [0.3, 0.4) is 0 Å². The van der Waals surface area contributed by atoms with Crippen LogP contribution in [0.15, 0.2) is 29.6 Å². The molecule has 20 heavy (non-hydrogen) atoms. The number of nitrogens with zero attached hydrogens (tertiary/aromatic N) is 2. The lowest BCUT2D eigenvalue weighted by atomic mass is 10.2. The van der Waals surface area contributed by atoms with Crippen molar-refractivity contribution in [1.29, 1.82) is 5.41 Å². The molecule has 1 aliphatic rings. The van der Waals surface area contributed by atoms with Gasteiger partial charge in [-0.3, -0.25) is 5.41 Å². The number of nitrogen functional groups attached to an aromatic ring is 1. The number of pyridine rings is 1. The average molecular weight is 286 g/mol. The third-order valence-electron chi connectivity index (χ3n) is 3.47. The quantitative estimate of drug-likeness (QED) is 0.656. The molecular formula is C15H18N4S. The standard InChI is InChI=1S/C15H18N4S/c1-10-4-7-13(14(16)17)15(18-10)19(11-5-6-11)9-12-3-2-8-20-12/h2-4,7-8,11H,5-6,9H2,1H3,(H3,16,17). The summed E-state index contributed by atoms with van der Waals surface area (Å²) in [6, 6.07) is 8.56. The zero-order chi connectivity index (χ0) is 14.1. The van der Waals surface area contributed by atoms with Crippen molar-refractivity contribution in [2.75, 3.05) is 4.90 Å². The Kier molecular flexibility index (Phi) is 3.44. The molecule has 1 aliphatic carbocycles. The van der Waals surface area contributed by atoms with E-state index >= 15 is 0 Å². The van der Waals surface area contributed by atoms with Gasteiger partial charge in [-0.2, -0.15) is 0 Å². The largest absolute Gasteiger partial charge is 0.384 e. The number of anilines is 1. The van der Waals surface area contributed by atoms with Gasteiger partial charge < -0.3 is 10.6 Å². The van der Waals surface area contributed by atoms with Crippen LogP contribution in [0.4, 0.5) is 5.82 Å². The molecule has 0 saturated heterocycles. The van der Waals surface area contributed by atoms with Crippen molar-refractivity contribution in [2.24, 2.45) is 5.73 Å². The predicted molar refractivity (Wildman–Crippen MR) is 83.5 cm³/mol. The minimum Gasteiger partial charge on any atom is -0.384 e. The van der Waals surface area contributed by atoms with E-state index in [1.54, 1.807) is 11.3 Å². The maximum absolute atomic E-state index is 7.76. The summed E-state index contributed by atoms with van der Waals surface area (Å²) in [6.45, 7) is 2.82. The summed E-state index contributed by atoms with van der Waals surface area (Å²) >= 11 is 1.76. The first kappa shape index (κ1) is 13.1. The number of thiophene rings is 1. The monoisotopic (exact) mass is 286 g/mol. The molecule has 0 atom stereocenters. The van der Waals surface area contributed by atoms with E-state index in [2.05, 4.69) is 27.4 Å². The van der Waals surface area contributed by atoms with Gasteiger partial charge in [0.2, 0.25) is 0 Å². The summed E-state index contributed by atoms with van der Waals surface area (Å²) in [6.07, 6.45) is 2.39. The zero-order valence-electron chi connectivity index (χ0n) is 11.5. The molecule has 1 saturated carbocycles. The van der Waals surface area contributed by atoms with Gasteiger partial charge in [0.25, 0.3) is 0 Å². The molecule has 2 heterocycles. The fraction of sp³-hybridized carbons (Fsp3) is 0.333. The molecule has 0 spiro atoms. The molecule has 0 amide bonds. The molecule has 1 fully saturated rings. The number of nitrogens with one attached hydrogen (secondary N) is 1. The fourth-order valence-electron chi connectivity index (χ4n) is 2.31. The number of hydrogen-bond donors (Lipinski definition) is 2. The number of rotatable bonds is 5.